The van der Waals surface area contributed by atoms with Crippen LogP contribution in [0.1, 0.15) is 43.0 Å². The lowest BCUT2D eigenvalue weighted by molar-refractivity contribution is 0.530. The molecule has 0 saturated carbocycles. The first kappa shape index (κ1) is 34.2. The van der Waals surface area contributed by atoms with Crippen molar-refractivity contribution in [2.24, 2.45) is 0 Å². The molecule has 0 saturated heterocycles. The normalized spacial score (nSPS) is 13.4. The highest BCUT2D eigenvalue weighted by molar-refractivity contribution is 6.63. The Morgan fingerprint density at radius 3 is 1.57 bits per heavy atom. The highest BCUT2D eigenvalue weighted by Gasteiger charge is 2.52. The van der Waals surface area contributed by atoms with Gasteiger partial charge in [-0.05, 0) is 94.1 Å². The van der Waals surface area contributed by atoms with Gasteiger partial charge in [-0.15, -0.1) is 10.9 Å². The summed E-state index contributed by atoms with van der Waals surface area (Å²) in [5.74, 6) is -1.41. The first-order valence-corrected chi connectivity index (χ1v) is 18.0. The molecule has 2 aliphatic rings. The van der Waals surface area contributed by atoms with Gasteiger partial charge in [0.15, 0.2) is 5.82 Å². The lowest BCUT2D eigenvalue weighted by Crippen LogP contribution is -2.53. The summed E-state index contributed by atoms with van der Waals surface area (Å²) in [5, 5.41) is 0. The van der Waals surface area contributed by atoms with Crippen molar-refractivity contribution < 1.29 is 8.78 Å². The van der Waals surface area contributed by atoms with E-state index < -0.39 is 22.6 Å². The second-order valence-electron chi connectivity index (χ2n) is 15.2. The van der Waals surface area contributed by atoms with Crippen LogP contribution in [-0.4, -0.2) is 36.9 Å². The number of hydrogen-bond acceptors (Lipinski definition) is 1. The minimum Gasteiger partial charge on any atom is -0.332 e. The Bertz CT molecular complexity index is 2610. The molecular weight excluding hydrogens is 660 g/mol. The molecule has 0 atom stereocenters. The molecule has 1 spiro atoms. The summed E-state index contributed by atoms with van der Waals surface area (Å²) in [4.78, 5) is 1.55. The molecule has 9 rings (SSSR count). The van der Waals surface area contributed by atoms with E-state index >= 15 is 8.78 Å². The van der Waals surface area contributed by atoms with Crippen LogP contribution in [0.5, 0.6) is 0 Å². The number of benzene rings is 7. The zero-order valence-corrected chi connectivity index (χ0v) is 30.2. The molecular formula is C47H31B4F2N. The van der Waals surface area contributed by atoms with Crippen LogP contribution in [0.2, 0.25) is 0 Å². The third kappa shape index (κ3) is 4.67. The Hall–Kier alpha value is -5.54. The van der Waals surface area contributed by atoms with Gasteiger partial charge in [-0.25, -0.2) is 8.78 Å². The maximum atomic E-state index is 17.5. The summed E-state index contributed by atoms with van der Waals surface area (Å²) < 4.78 is 33.9. The van der Waals surface area contributed by atoms with E-state index in [0.717, 1.165) is 27.8 Å². The Morgan fingerprint density at radius 2 is 0.963 bits per heavy atom. The van der Waals surface area contributed by atoms with Crippen molar-refractivity contribution in [3.05, 3.63) is 167 Å². The number of nitrogens with zero attached hydrogens (tertiary/aromatic N) is 1. The molecule has 2 aliphatic carbocycles. The van der Waals surface area contributed by atoms with Crippen LogP contribution in [-0.2, 0) is 5.41 Å². The van der Waals surface area contributed by atoms with Crippen LogP contribution < -0.4 is 26.8 Å². The summed E-state index contributed by atoms with van der Waals surface area (Å²) in [5.41, 5.74) is 9.88. The van der Waals surface area contributed by atoms with E-state index in [1.807, 2.05) is 57.2 Å². The van der Waals surface area contributed by atoms with E-state index in [2.05, 4.69) is 91.0 Å². The molecule has 0 N–H and O–H groups in total. The number of halogens is 2. The van der Waals surface area contributed by atoms with Crippen molar-refractivity contribution in [3.63, 3.8) is 0 Å². The van der Waals surface area contributed by atoms with Crippen LogP contribution >= 0.6 is 0 Å². The molecule has 0 fully saturated rings. The van der Waals surface area contributed by atoms with Gasteiger partial charge in [0.05, 0.1) is 16.8 Å². The minimum atomic E-state index is -0.913. The SMILES string of the molecule is [B]c1c([B])c([B])c(N(c2cc(-c3cccc4c3-c3ccccc3C43c4ccccc4-c4ccccc43)cc(-c3ccccc3)c2F)C(C)(C)C)c(F)c1[B]. The second kappa shape index (κ2) is 12.2. The molecule has 250 valence electrons. The second-order valence-corrected chi connectivity index (χ2v) is 15.2. The van der Waals surface area contributed by atoms with E-state index in [-0.39, 0.29) is 33.2 Å². The zero-order valence-electron chi connectivity index (χ0n) is 30.2. The van der Waals surface area contributed by atoms with E-state index in [4.69, 9.17) is 31.4 Å². The lowest BCUT2D eigenvalue weighted by Gasteiger charge is -2.41. The van der Waals surface area contributed by atoms with Crippen molar-refractivity contribution >= 4 is 64.6 Å². The molecule has 0 unspecified atom stereocenters. The number of hydrogen-bond donors (Lipinski definition) is 0. The van der Waals surface area contributed by atoms with Crippen molar-refractivity contribution in [3.8, 4) is 44.5 Å². The fourth-order valence-electron chi connectivity index (χ4n) is 8.96. The molecule has 54 heavy (non-hydrogen) atoms. The van der Waals surface area contributed by atoms with E-state index in [9.17, 15) is 0 Å². The average Bonchev–Trinajstić information content (AvgIpc) is 3.66. The highest BCUT2D eigenvalue weighted by atomic mass is 19.1. The van der Waals surface area contributed by atoms with Gasteiger partial charge < -0.3 is 4.90 Å². The maximum Gasteiger partial charge on any atom is 0.154 e. The Balaban J connectivity index is 1.38. The van der Waals surface area contributed by atoms with Crippen molar-refractivity contribution in [2.75, 3.05) is 4.90 Å². The van der Waals surface area contributed by atoms with Gasteiger partial charge in [0.1, 0.15) is 37.2 Å². The fraction of sp³-hybridized carbons (Fsp3) is 0.106. The summed E-state index contributed by atoms with van der Waals surface area (Å²) in [6.07, 6.45) is 0. The monoisotopic (exact) mass is 691 g/mol. The largest absolute Gasteiger partial charge is 0.332 e. The van der Waals surface area contributed by atoms with Crippen LogP contribution in [0.4, 0.5) is 20.2 Å². The van der Waals surface area contributed by atoms with Crippen molar-refractivity contribution in [1.29, 1.82) is 0 Å². The number of fused-ring (bicyclic) bond motifs is 10. The third-order valence-corrected chi connectivity index (χ3v) is 11.2. The topological polar surface area (TPSA) is 3.24 Å². The molecule has 7 aromatic carbocycles. The quantitative estimate of drug-likeness (QED) is 0.171. The Morgan fingerprint density at radius 1 is 0.463 bits per heavy atom. The molecule has 0 aliphatic heterocycles. The van der Waals surface area contributed by atoms with Gasteiger partial charge in [0.2, 0.25) is 0 Å². The van der Waals surface area contributed by atoms with Gasteiger partial charge in [-0.1, -0.05) is 132 Å². The summed E-state index contributed by atoms with van der Waals surface area (Å²) in [7, 11) is 25.1. The standard InChI is InChI=1S/C47H31B4F2N/c1-46(2,3)54(45-42(51)40(49)39(48)41(50)44(45)53)37-25-27(24-32(43(37)52)26-14-5-4-6-15-26)28-19-13-23-36-38(28)31-18-9-12-22-35(31)47(36)33-20-10-7-16-29(33)30-17-8-11-21-34(30)47/h4-25H,1-3H3. The van der Waals surface area contributed by atoms with Gasteiger partial charge >= 0.3 is 0 Å². The first-order valence-electron chi connectivity index (χ1n) is 18.0. The average molecular weight is 691 g/mol. The molecule has 0 heterocycles. The van der Waals surface area contributed by atoms with E-state index in [0.29, 0.717) is 11.1 Å². The maximum absolute atomic E-state index is 17.5. The summed E-state index contributed by atoms with van der Waals surface area (Å²) in [6.45, 7) is 5.58. The van der Waals surface area contributed by atoms with E-state index in [1.165, 1.54) is 27.8 Å². The first-order chi connectivity index (χ1) is 26.0. The van der Waals surface area contributed by atoms with E-state index in [1.54, 1.807) is 11.0 Å². The molecule has 0 amide bonds. The Kier molecular flexibility index (Phi) is 7.77. The molecule has 0 bridgehead atoms. The Labute approximate surface area is 320 Å². The molecule has 7 aromatic rings. The summed E-state index contributed by atoms with van der Waals surface area (Å²) >= 11 is 0. The van der Waals surface area contributed by atoms with Crippen LogP contribution in [0.3, 0.4) is 0 Å². The van der Waals surface area contributed by atoms with Gasteiger partial charge in [-0.2, -0.15) is 0 Å². The molecule has 1 nitrogen and oxygen atoms in total. The number of rotatable bonds is 4. The third-order valence-electron chi connectivity index (χ3n) is 11.2. The molecule has 7 heteroatoms. The predicted molar refractivity (Wildman–Crippen MR) is 223 cm³/mol. The van der Waals surface area contributed by atoms with Crippen LogP contribution in [0.25, 0.3) is 44.5 Å². The molecule has 0 aromatic heterocycles. The van der Waals surface area contributed by atoms with Gasteiger partial charge in [0.25, 0.3) is 0 Å². The predicted octanol–water partition coefficient (Wildman–Crippen LogP) is 7.75. The highest BCUT2D eigenvalue weighted by Crippen LogP contribution is 2.64. The van der Waals surface area contributed by atoms with Crippen LogP contribution in [0, 0.1) is 11.6 Å². The number of anilines is 2. The van der Waals surface area contributed by atoms with Crippen LogP contribution in [0.15, 0.2) is 133 Å². The molecule has 8 radical (unpaired) electrons. The van der Waals surface area contributed by atoms with Gasteiger partial charge in [0, 0.05) is 11.1 Å². The smallest absolute Gasteiger partial charge is 0.154 e. The zero-order chi connectivity index (χ0) is 37.7. The summed E-state index contributed by atoms with van der Waals surface area (Å²) in [6, 6.07) is 45.3. The fourth-order valence-corrected chi connectivity index (χ4v) is 8.96. The lowest BCUT2D eigenvalue weighted by atomic mass is 9.65. The van der Waals surface area contributed by atoms with Gasteiger partial charge in [-0.3, -0.25) is 0 Å². The van der Waals surface area contributed by atoms with Crippen molar-refractivity contribution in [1.82, 2.24) is 0 Å². The minimum absolute atomic E-state index is 0.0575. The van der Waals surface area contributed by atoms with Crippen molar-refractivity contribution in [2.45, 2.75) is 31.7 Å².